The van der Waals surface area contributed by atoms with Gasteiger partial charge in [-0.15, -0.1) is 0 Å². The summed E-state index contributed by atoms with van der Waals surface area (Å²) in [6.07, 6.45) is 1.55. The second-order valence-electron chi connectivity index (χ2n) is 4.71. The zero-order valence-electron chi connectivity index (χ0n) is 12.0. The van der Waals surface area contributed by atoms with E-state index in [0.717, 1.165) is 0 Å². The Labute approximate surface area is 143 Å². The van der Waals surface area contributed by atoms with Crippen molar-refractivity contribution >= 4 is 41.1 Å². The van der Waals surface area contributed by atoms with Crippen LogP contribution in [0.15, 0.2) is 53.2 Å². The Kier molecular flexibility index (Phi) is 4.37. The highest BCUT2D eigenvalue weighted by atomic mass is 35.5. The van der Waals surface area contributed by atoms with Crippen LogP contribution in [-0.4, -0.2) is 19.0 Å². The molecule has 6 heteroatoms. The van der Waals surface area contributed by atoms with E-state index in [2.05, 4.69) is 4.99 Å². The average Bonchev–Trinajstić information content (AvgIpc) is 2.93. The number of carbonyl (C=O) groups excluding carboxylic acids is 1. The van der Waals surface area contributed by atoms with E-state index in [0.29, 0.717) is 26.9 Å². The van der Waals surface area contributed by atoms with Gasteiger partial charge in [-0.05, 0) is 42.0 Å². The van der Waals surface area contributed by atoms with Crippen LogP contribution in [0.5, 0.6) is 5.75 Å². The minimum Gasteiger partial charge on any atom is -0.497 e. The van der Waals surface area contributed by atoms with Crippen LogP contribution < -0.4 is 4.74 Å². The van der Waals surface area contributed by atoms with Crippen LogP contribution in [0.1, 0.15) is 11.1 Å². The number of hydrogen-bond donors (Lipinski definition) is 0. The van der Waals surface area contributed by atoms with Crippen molar-refractivity contribution in [2.75, 3.05) is 7.11 Å². The minimum absolute atomic E-state index is 0.167. The second-order valence-corrected chi connectivity index (χ2v) is 5.49. The van der Waals surface area contributed by atoms with Gasteiger partial charge in [0, 0.05) is 5.56 Å². The number of benzene rings is 2. The summed E-state index contributed by atoms with van der Waals surface area (Å²) in [6, 6.07) is 12.2. The molecule has 0 fully saturated rings. The van der Waals surface area contributed by atoms with Crippen molar-refractivity contribution in [2.45, 2.75) is 0 Å². The monoisotopic (exact) mass is 347 g/mol. The van der Waals surface area contributed by atoms with Crippen molar-refractivity contribution in [1.29, 1.82) is 0 Å². The summed E-state index contributed by atoms with van der Waals surface area (Å²) in [6.45, 7) is 0. The van der Waals surface area contributed by atoms with Crippen molar-refractivity contribution in [3.05, 3.63) is 69.3 Å². The molecule has 0 bridgehead atoms. The Morgan fingerprint density at radius 2 is 1.87 bits per heavy atom. The van der Waals surface area contributed by atoms with Crippen molar-refractivity contribution in [1.82, 2.24) is 0 Å². The van der Waals surface area contributed by atoms with Gasteiger partial charge in [-0.3, -0.25) is 0 Å². The van der Waals surface area contributed by atoms with Crippen LogP contribution >= 0.6 is 23.2 Å². The number of ether oxygens (including phenoxy) is 2. The third-order valence-electron chi connectivity index (χ3n) is 3.23. The molecule has 0 amide bonds. The van der Waals surface area contributed by atoms with E-state index in [-0.39, 0.29) is 11.6 Å². The van der Waals surface area contributed by atoms with Gasteiger partial charge in [-0.25, -0.2) is 9.79 Å². The van der Waals surface area contributed by atoms with Crippen LogP contribution in [0.25, 0.3) is 6.08 Å². The third-order valence-corrected chi connectivity index (χ3v) is 4.06. The normalized spacial score (nSPS) is 15.5. The molecule has 1 aliphatic rings. The lowest BCUT2D eigenvalue weighted by Gasteiger charge is -2.01. The van der Waals surface area contributed by atoms with E-state index in [1.54, 1.807) is 55.7 Å². The standard InChI is InChI=1S/C17H11Cl2NO3/c1-22-12-7-5-10(6-8-12)16-20-14(17(21)23-16)9-11-3-2-4-13(18)15(11)19/h2-9H,1H3/b14-9-. The number of methoxy groups -OCH3 is 1. The molecule has 0 unspecified atom stereocenters. The van der Waals surface area contributed by atoms with Gasteiger partial charge in [-0.2, -0.15) is 0 Å². The van der Waals surface area contributed by atoms with Crippen LogP contribution in [0, 0.1) is 0 Å². The zero-order chi connectivity index (χ0) is 16.4. The van der Waals surface area contributed by atoms with Gasteiger partial charge in [0.1, 0.15) is 5.75 Å². The Hall–Kier alpha value is -2.30. The van der Waals surface area contributed by atoms with Gasteiger partial charge in [0.2, 0.25) is 5.90 Å². The Balaban J connectivity index is 1.94. The average molecular weight is 348 g/mol. The SMILES string of the molecule is COc1ccc(C2=N/C(=C\c3cccc(Cl)c3Cl)C(=O)O2)cc1. The molecule has 0 saturated carbocycles. The first-order valence-corrected chi connectivity index (χ1v) is 7.45. The summed E-state index contributed by atoms with van der Waals surface area (Å²) in [5, 5.41) is 0.773. The molecular formula is C17H11Cl2NO3. The second kappa shape index (κ2) is 6.44. The van der Waals surface area contributed by atoms with E-state index in [1.807, 2.05) is 0 Å². The molecule has 0 N–H and O–H groups in total. The van der Waals surface area contributed by atoms with Gasteiger partial charge in [0.25, 0.3) is 0 Å². The first-order valence-electron chi connectivity index (χ1n) is 6.69. The van der Waals surface area contributed by atoms with Gasteiger partial charge >= 0.3 is 5.97 Å². The maximum Gasteiger partial charge on any atom is 0.363 e. The number of carbonyl (C=O) groups is 1. The van der Waals surface area contributed by atoms with Gasteiger partial charge < -0.3 is 9.47 Å². The van der Waals surface area contributed by atoms with Gasteiger partial charge in [-0.1, -0.05) is 35.3 Å². The predicted octanol–water partition coefficient (Wildman–Crippen LogP) is 4.35. The molecule has 0 atom stereocenters. The number of rotatable bonds is 3. The van der Waals surface area contributed by atoms with E-state index in [4.69, 9.17) is 32.7 Å². The summed E-state index contributed by atoms with van der Waals surface area (Å²) in [4.78, 5) is 16.2. The van der Waals surface area contributed by atoms with Crippen LogP contribution in [0.2, 0.25) is 10.0 Å². The van der Waals surface area contributed by atoms with Crippen LogP contribution in [0.4, 0.5) is 0 Å². The highest BCUT2D eigenvalue weighted by Crippen LogP contribution is 2.29. The lowest BCUT2D eigenvalue weighted by molar-refractivity contribution is -0.129. The van der Waals surface area contributed by atoms with Crippen molar-refractivity contribution in [3.8, 4) is 5.75 Å². The van der Waals surface area contributed by atoms with Gasteiger partial charge in [0.05, 0.1) is 17.2 Å². The molecule has 1 heterocycles. The first kappa shape index (κ1) is 15.6. The number of esters is 1. The summed E-state index contributed by atoms with van der Waals surface area (Å²) in [7, 11) is 1.58. The number of halogens is 2. The van der Waals surface area contributed by atoms with E-state index >= 15 is 0 Å². The molecule has 23 heavy (non-hydrogen) atoms. The quantitative estimate of drug-likeness (QED) is 0.612. The molecule has 0 saturated heterocycles. The predicted molar refractivity (Wildman–Crippen MR) is 90.1 cm³/mol. The number of hydrogen-bond acceptors (Lipinski definition) is 4. The first-order chi connectivity index (χ1) is 11.1. The molecule has 0 radical (unpaired) electrons. The maximum atomic E-state index is 12.0. The van der Waals surface area contributed by atoms with E-state index in [1.165, 1.54) is 0 Å². The lowest BCUT2D eigenvalue weighted by Crippen LogP contribution is -2.05. The summed E-state index contributed by atoms with van der Waals surface area (Å²) >= 11 is 12.1. The van der Waals surface area contributed by atoms with Crippen molar-refractivity contribution in [3.63, 3.8) is 0 Å². The highest BCUT2D eigenvalue weighted by Gasteiger charge is 2.24. The largest absolute Gasteiger partial charge is 0.497 e. The smallest absolute Gasteiger partial charge is 0.363 e. The summed E-state index contributed by atoms with van der Waals surface area (Å²) in [5.74, 6) is 0.411. The number of cyclic esters (lactones) is 1. The Morgan fingerprint density at radius 3 is 2.57 bits per heavy atom. The lowest BCUT2D eigenvalue weighted by atomic mass is 10.2. The molecule has 3 rings (SSSR count). The molecular weight excluding hydrogens is 337 g/mol. The van der Waals surface area contributed by atoms with Crippen LogP contribution in [-0.2, 0) is 9.53 Å². The van der Waals surface area contributed by atoms with Crippen molar-refractivity contribution < 1.29 is 14.3 Å². The fraction of sp³-hybridized carbons (Fsp3) is 0.0588. The van der Waals surface area contributed by atoms with Crippen LogP contribution in [0.3, 0.4) is 0 Å². The summed E-state index contributed by atoms with van der Waals surface area (Å²) < 4.78 is 10.3. The van der Waals surface area contributed by atoms with Crippen molar-refractivity contribution in [2.24, 2.45) is 4.99 Å². The molecule has 4 nitrogen and oxygen atoms in total. The van der Waals surface area contributed by atoms with E-state index in [9.17, 15) is 4.79 Å². The molecule has 1 aliphatic heterocycles. The molecule has 2 aromatic carbocycles. The molecule has 2 aromatic rings. The molecule has 0 spiro atoms. The Bertz CT molecular complexity index is 826. The fourth-order valence-corrected chi connectivity index (χ4v) is 2.41. The maximum absolute atomic E-state index is 12.0. The fourth-order valence-electron chi connectivity index (χ4n) is 2.05. The number of nitrogens with zero attached hydrogens (tertiary/aromatic N) is 1. The van der Waals surface area contributed by atoms with Gasteiger partial charge in [0.15, 0.2) is 5.70 Å². The molecule has 116 valence electrons. The molecule has 0 aliphatic carbocycles. The van der Waals surface area contributed by atoms with E-state index < -0.39 is 5.97 Å². The third kappa shape index (κ3) is 3.23. The number of aliphatic imine (C=N–C) groups is 1. The topological polar surface area (TPSA) is 47.9 Å². The molecule has 0 aromatic heterocycles. The highest BCUT2D eigenvalue weighted by molar-refractivity contribution is 6.43. The Morgan fingerprint density at radius 1 is 1.13 bits per heavy atom. The minimum atomic E-state index is -0.535. The summed E-state index contributed by atoms with van der Waals surface area (Å²) in [5.41, 5.74) is 1.45. The zero-order valence-corrected chi connectivity index (χ0v) is 13.6.